The minimum Gasteiger partial charge on any atom is -0.485 e. The first kappa shape index (κ1) is 22.1. The zero-order chi connectivity index (χ0) is 23.4. The fourth-order valence-electron chi connectivity index (χ4n) is 3.32. The van der Waals surface area contributed by atoms with Gasteiger partial charge in [-0.25, -0.2) is 4.98 Å². The molecule has 1 amide bonds. The number of amides is 1. The molecule has 0 fully saturated rings. The Labute approximate surface area is 190 Å². The summed E-state index contributed by atoms with van der Waals surface area (Å²) < 4.78 is 17.9. The molecule has 0 bridgehead atoms. The highest BCUT2D eigenvalue weighted by molar-refractivity contribution is 5.93. The van der Waals surface area contributed by atoms with Gasteiger partial charge in [0.2, 0.25) is 0 Å². The summed E-state index contributed by atoms with van der Waals surface area (Å²) in [5.41, 5.74) is 3.22. The summed E-state index contributed by atoms with van der Waals surface area (Å²) in [6.45, 7) is 5.67. The number of aryl methyl sites for hydroxylation is 3. The zero-order valence-corrected chi connectivity index (χ0v) is 18.8. The van der Waals surface area contributed by atoms with Crippen LogP contribution in [-0.4, -0.2) is 22.1 Å². The van der Waals surface area contributed by atoms with Gasteiger partial charge in [0, 0.05) is 12.1 Å². The maximum absolute atomic E-state index is 12.5. The van der Waals surface area contributed by atoms with E-state index in [1.165, 1.54) is 11.6 Å². The standard InChI is InChI=1S/C25H25N3O5/c1-4-18-6-8-20(9-7-18)31-15-24(29)27-21-11-16(2)5-10-22(21)32-14-19-13-25(30)28-23(26-19)12-17(3)33-28/h5-13H,4,14-15H2,1-3H3,(H,27,29). The van der Waals surface area contributed by atoms with Crippen LogP contribution in [0, 0.1) is 13.8 Å². The Balaban J connectivity index is 1.42. The molecule has 4 aromatic rings. The van der Waals surface area contributed by atoms with Crippen LogP contribution in [0.25, 0.3) is 5.65 Å². The number of nitrogens with one attached hydrogen (secondary N) is 1. The minimum atomic E-state index is -0.326. The molecule has 0 saturated heterocycles. The average Bonchev–Trinajstić information content (AvgIpc) is 3.18. The summed E-state index contributed by atoms with van der Waals surface area (Å²) in [4.78, 5) is 29.1. The van der Waals surface area contributed by atoms with Crippen LogP contribution in [0.5, 0.6) is 11.5 Å². The van der Waals surface area contributed by atoms with Crippen LogP contribution in [0.15, 0.2) is 63.9 Å². The van der Waals surface area contributed by atoms with Crippen LogP contribution in [0.3, 0.4) is 0 Å². The van der Waals surface area contributed by atoms with Crippen molar-refractivity contribution in [3.63, 3.8) is 0 Å². The molecule has 0 aliphatic carbocycles. The third kappa shape index (κ3) is 5.41. The lowest BCUT2D eigenvalue weighted by molar-refractivity contribution is -0.118. The number of benzene rings is 2. The Bertz CT molecular complexity index is 1340. The first-order valence-corrected chi connectivity index (χ1v) is 10.7. The topological polar surface area (TPSA) is 95.1 Å². The Hall–Kier alpha value is -4.07. The van der Waals surface area contributed by atoms with Gasteiger partial charge in [-0.2, -0.15) is 0 Å². The lowest BCUT2D eigenvalue weighted by atomic mass is 10.2. The third-order valence-corrected chi connectivity index (χ3v) is 5.01. The molecule has 8 nitrogen and oxygen atoms in total. The molecule has 2 heterocycles. The Morgan fingerprint density at radius 2 is 1.85 bits per heavy atom. The van der Waals surface area contributed by atoms with Gasteiger partial charge in [-0.15, -0.1) is 4.57 Å². The van der Waals surface area contributed by atoms with Crippen molar-refractivity contribution in [3.8, 4) is 11.5 Å². The number of nitrogens with zero attached hydrogens (tertiary/aromatic N) is 2. The highest BCUT2D eigenvalue weighted by Crippen LogP contribution is 2.26. The van der Waals surface area contributed by atoms with Crippen molar-refractivity contribution in [3.05, 3.63) is 87.5 Å². The molecule has 1 N–H and O–H groups in total. The number of aromatic nitrogens is 2. The molecule has 33 heavy (non-hydrogen) atoms. The number of anilines is 1. The number of ether oxygens (including phenoxy) is 2. The van der Waals surface area contributed by atoms with E-state index in [4.69, 9.17) is 14.0 Å². The highest BCUT2D eigenvalue weighted by atomic mass is 16.5. The van der Waals surface area contributed by atoms with Crippen LogP contribution < -0.4 is 20.3 Å². The molecule has 2 aromatic heterocycles. The number of carbonyl (C=O) groups is 1. The van der Waals surface area contributed by atoms with Gasteiger partial charge in [-0.1, -0.05) is 25.1 Å². The van der Waals surface area contributed by atoms with Gasteiger partial charge < -0.3 is 19.3 Å². The molecule has 0 aliphatic rings. The van der Waals surface area contributed by atoms with Crippen LogP contribution >= 0.6 is 0 Å². The van der Waals surface area contributed by atoms with Gasteiger partial charge in [0.05, 0.1) is 11.4 Å². The molecule has 0 unspecified atom stereocenters. The van der Waals surface area contributed by atoms with Crippen LogP contribution in [0.2, 0.25) is 0 Å². The first-order valence-electron chi connectivity index (χ1n) is 10.7. The van der Waals surface area contributed by atoms with Gasteiger partial charge in [-0.05, 0) is 55.7 Å². The van der Waals surface area contributed by atoms with E-state index in [2.05, 4.69) is 17.2 Å². The van der Waals surface area contributed by atoms with E-state index in [0.717, 1.165) is 16.6 Å². The van der Waals surface area contributed by atoms with E-state index >= 15 is 0 Å². The highest BCUT2D eigenvalue weighted by Gasteiger charge is 2.12. The van der Waals surface area contributed by atoms with Crippen molar-refractivity contribution < 1.29 is 18.8 Å². The van der Waals surface area contributed by atoms with Gasteiger partial charge in [-0.3, -0.25) is 9.59 Å². The van der Waals surface area contributed by atoms with Crippen LogP contribution in [0.4, 0.5) is 5.69 Å². The van der Waals surface area contributed by atoms with Crippen molar-refractivity contribution >= 4 is 17.2 Å². The molecular formula is C25H25N3O5. The second kappa shape index (κ2) is 9.60. The predicted molar refractivity (Wildman–Crippen MR) is 124 cm³/mol. The van der Waals surface area contributed by atoms with Crippen molar-refractivity contribution in [2.45, 2.75) is 33.8 Å². The smallest absolute Gasteiger partial charge is 0.287 e. The summed E-state index contributed by atoms with van der Waals surface area (Å²) >= 11 is 0. The fraction of sp³-hybridized carbons (Fsp3) is 0.240. The normalized spacial score (nSPS) is 10.9. The van der Waals surface area contributed by atoms with E-state index in [1.807, 2.05) is 43.3 Å². The molecule has 8 heteroatoms. The van der Waals surface area contributed by atoms with Crippen molar-refractivity contribution in [2.75, 3.05) is 11.9 Å². The maximum Gasteiger partial charge on any atom is 0.287 e. The molecule has 2 aromatic carbocycles. The molecule has 0 aliphatic heterocycles. The predicted octanol–water partition coefficient (Wildman–Crippen LogP) is 4.06. The maximum atomic E-state index is 12.5. The van der Waals surface area contributed by atoms with Crippen LogP contribution in [-0.2, 0) is 17.8 Å². The second-order valence-corrected chi connectivity index (χ2v) is 7.71. The van der Waals surface area contributed by atoms with E-state index in [1.54, 1.807) is 19.1 Å². The summed E-state index contributed by atoms with van der Waals surface area (Å²) in [5.74, 6) is 1.37. The molecular weight excluding hydrogens is 422 g/mol. The second-order valence-electron chi connectivity index (χ2n) is 7.71. The Morgan fingerprint density at radius 1 is 1.06 bits per heavy atom. The monoisotopic (exact) mass is 447 g/mol. The molecule has 4 rings (SSSR count). The average molecular weight is 447 g/mol. The summed E-state index contributed by atoms with van der Waals surface area (Å²) in [6.07, 6.45) is 0.941. The third-order valence-electron chi connectivity index (χ3n) is 5.01. The van der Waals surface area contributed by atoms with Gasteiger partial charge in [0.15, 0.2) is 12.3 Å². The molecule has 0 atom stereocenters. The summed E-state index contributed by atoms with van der Waals surface area (Å²) in [7, 11) is 0. The lowest BCUT2D eigenvalue weighted by Crippen LogP contribution is -2.21. The number of carbonyl (C=O) groups excluding carboxylic acids is 1. The zero-order valence-electron chi connectivity index (χ0n) is 18.8. The summed E-state index contributed by atoms with van der Waals surface area (Å²) in [5, 5.41) is 2.83. The number of hydrogen-bond donors (Lipinski definition) is 1. The molecule has 0 spiro atoms. The first-order chi connectivity index (χ1) is 15.9. The molecule has 0 saturated carbocycles. The van der Waals surface area contributed by atoms with Crippen molar-refractivity contribution in [2.24, 2.45) is 0 Å². The molecule has 0 radical (unpaired) electrons. The largest absolute Gasteiger partial charge is 0.485 e. The number of fused-ring (bicyclic) bond motifs is 1. The molecule has 170 valence electrons. The van der Waals surface area contributed by atoms with E-state index < -0.39 is 0 Å². The lowest BCUT2D eigenvalue weighted by Gasteiger charge is -2.14. The minimum absolute atomic E-state index is 0.0577. The Kier molecular flexibility index (Phi) is 6.44. The van der Waals surface area contributed by atoms with Gasteiger partial charge in [0.25, 0.3) is 11.5 Å². The van der Waals surface area contributed by atoms with E-state index in [-0.39, 0.29) is 24.7 Å². The quantitative estimate of drug-likeness (QED) is 0.438. The van der Waals surface area contributed by atoms with Crippen molar-refractivity contribution in [1.82, 2.24) is 9.56 Å². The van der Waals surface area contributed by atoms with Gasteiger partial charge in [0.1, 0.15) is 23.9 Å². The summed E-state index contributed by atoms with van der Waals surface area (Å²) in [6, 6.07) is 16.1. The fourth-order valence-corrected chi connectivity index (χ4v) is 3.32. The SMILES string of the molecule is CCc1ccc(OCC(=O)Nc2cc(C)ccc2OCc2cc(=O)n3oc(C)cc3n2)cc1. The van der Waals surface area contributed by atoms with Crippen molar-refractivity contribution in [1.29, 1.82) is 0 Å². The number of hydrogen-bond acceptors (Lipinski definition) is 6. The Morgan fingerprint density at radius 3 is 2.61 bits per heavy atom. The van der Waals surface area contributed by atoms with E-state index in [0.29, 0.717) is 34.3 Å². The van der Waals surface area contributed by atoms with Crippen LogP contribution in [0.1, 0.15) is 29.5 Å². The van der Waals surface area contributed by atoms with Gasteiger partial charge >= 0.3 is 0 Å². The van der Waals surface area contributed by atoms with E-state index in [9.17, 15) is 9.59 Å². The number of rotatable bonds is 8.